The number of unbranched alkanes of at least 4 members (excludes halogenated alkanes) is 2. The average molecular weight is 578 g/mol. The lowest BCUT2D eigenvalue weighted by Crippen LogP contribution is -2.57. The molecule has 1 fully saturated rings. The fraction of sp³-hybridized carbons (Fsp3) is 0.300. The lowest BCUT2D eigenvalue weighted by Gasteiger charge is -2.54. The zero-order chi connectivity index (χ0) is 28.2. The van der Waals surface area contributed by atoms with Crippen LogP contribution in [0.3, 0.4) is 0 Å². The Bertz CT molecular complexity index is 1450. The molecule has 40 heavy (non-hydrogen) atoms. The van der Waals surface area contributed by atoms with Crippen LogP contribution in [-0.2, 0) is 24.1 Å². The second-order valence-electron chi connectivity index (χ2n) is 10.5. The van der Waals surface area contributed by atoms with E-state index in [4.69, 9.17) is 23.2 Å². The first-order valence-corrected chi connectivity index (χ1v) is 13.9. The third-order valence-electron chi connectivity index (χ3n) is 8.30. The van der Waals surface area contributed by atoms with Gasteiger partial charge in [0.2, 0.25) is 17.7 Å². The van der Waals surface area contributed by atoms with Crippen molar-refractivity contribution in [3.8, 4) is 0 Å². The molecule has 2 bridgehead atoms. The summed E-state index contributed by atoms with van der Waals surface area (Å²) in [7, 11) is 0. The molecule has 10 heteroatoms. The molecular weight excluding hydrogens is 553 g/mol. The van der Waals surface area contributed by atoms with E-state index in [0.29, 0.717) is 24.9 Å². The van der Waals surface area contributed by atoms with Crippen LogP contribution < -0.4 is 5.32 Å². The Morgan fingerprint density at radius 3 is 1.85 bits per heavy atom. The Morgan fingerprint density at radius 2 is 1.35 bits per heavy atom. The van der Waals surface area contributed by atoms with E-state index in [9.17, 15) is 24.5 Å². The van der Waals surface area contributed by atoms with Crippen molar-refractivity contribution < 1.29 is 19.3 Å². The minimum atomic E-state index is -1.19. The molecule has 8 nitrogen and oxygen atoms in total. The van der Waals surface area contributed by atoms with Crippen molar-refractivity contribution >= 4 is 52.3 Å². The normalized spacial score (nSPS) is 25.8. The highest BCUT2D eigenvalue weighted by molar-refractivity contribution is 6.36. The summed E-state index contributed by atoms with van der Waals surface area (Å²) in [6.07, 6.45) is 1.86. The number of benzene rings is 3. The van der Waals surface area contributed by atoms with E-state index in [1.807, 2.05) is 48.5 Å². The van der Waals surface area contributed by atoms with Gasteiger partial charge in [-0.05, 0) is 41.2 Å². The third kappa shape index (κ3) is 3.77. The van der Waals surface area contributed by atoms with Gasteiger partial charge >= 0.3 is 0 Å². The lowest BCUT2D eigenvalue weighted by molar-refractivity contribution is -0.384. The number of halogens is 2. The summed E-state index contributed by atoms with van der Waals surface area (Å²) in [5, 5.41) is 13.6. The van der Waals surface area contributed by atoms with Crippen LogP contribution in [0.15, 0.2) is 72.8 Å². The fourth-order valence-corrected chi connectivity index (χ4v) is 7.70. The van der Waals surface area contributed by atoms with Gasteiger partial charge in [0.25, 0.3) is 5.69 Å². The summed E-state index contributed by atoms with van der Waals surface area (Å²) in [6.45, 7) is 0.212. The molecular formula is C30H25Cl2N3O5. The van der Waals surface area contributed by atoms with E-state index in [-0.39, 0.29) is 36.4 Å². The molecule has 4 aliphatic rings. The van der Waals surface area contributed by atoms with E-state index in [1.165, 1.54) is 23.1 Å². The number of hydrogen-bond acceptors (Lipinski definition) is 5. The molecule has 0 saturated carbocycles. The fourth-order valence-electron chi connectivity index (χ4n) is 6.60. The molecule has 204 valence electrons. The highest BCUT2D eigenvalue weighted by Gasteiger charge is 2.72. The van der Waals surface area contributed by atoms with E-state index in [1.54, 1.807) is 6.07 Å². The number of alkyl halides is 2. The van der Waals surface area contributed by atoms with Crippen LogP contribution >= 0.6 is 23.2 Å². The number of rotatable bonds is 8. The van der Waals surface area contributed by atoms with Gasteiger partial charge in [0.15, 0.2) is 0 Å². The topological polar surface area (TPSA) is 110 Å². The van der Waals surface area contributed by atoms with Gasteiger partial charge in [0.1, 0.15) is 9.75 Å². The molecule has 2 atom stereocenters. The largest absolute Gasteiger partial charge is 0.326 e. The van der Waals surface area contributed by atoms with Crippen molar-refractivity contribution in [2.75, 3.05) is 11.9 Å². The molecule has 1 N–H and O–H groups in total. The quantitative estimate of drug-likeness (QED) is 0.122. The average Bonchev–Trinajstić information content (AvgIpc) is 3.22. The van der Waals surface area contributed by atoms with Crippen LogP contribution in [0.25, 0.3) is 0 Å². The number of imide groups is 1. The molecule has 0 radical (unpaired) electrons. The summed E-state index contributed by atoms with van der Waals surface area (Å²) >= 11 is 14.8. The minimum Gasteiger partial charge on any atom is -0.326 e. The number of nitrogens with one attached hydrogen (secondary N) is 1. The molecule has 1 heterocycles. The Kier molecular flexibility index (Phi) is 6.43. The minimum absolute atomic E-state index is 0.101. The number of likely N-dealkylation sites (tertiary alicyclic amines) is 1. The SMILES string of the molecule is O=C(CCCCCN1C(=O)[C@@H]2[C@H](C1=O)C1(Cl)c3ccccc3C2(Cl)c2ccccc21)Nc1cccc([N+](=O)[O-])c1. The van der Waals surface area contributed by atoms with Gasteiger partial charge in [-0.1, -0.05) is 61.0 Å². The maximum Gasteiger partial charge on any atom is 0.271 e. The number of hydrogen-bond donors (Lipinski definition) is 1. The summed E-state index contributed by atoms with van der Waals surface area (Å²) in [5.41, 5.74) is 3.33. The number of carbonyl (C=O) groups excluding carboxylic acids is 3. The van der Waals surface area contributed by atoms with Gasteiger partial charge < -0.3 is 5.32 Å². The van der Waals surface area contributed by atoms with Crippen LogP contribution in [0.1, 0.15) is 47.9 Å². The van der Waals surface area contributed by atoms with Crippen molar-refractivity contribution in [3.05, 3.63) is 105 Å². The Morgan fingerprint density at radius 1 is 0.825 bits per heavy atom. The number of nitro groups is 1. The monoisotopic (exact) mass is 577 g/mol. The number of carbonyl (C=O) groups is 3. The van der Waals surface area contributed by atoms with E-state index in [0.717, 1.165) is 22.3 Å². The molecule has 3 amide bonds. The van der Waals surface area contributed by atoms with E-state index in [2.05, 4.69) is 5.32 Å². The lowest BCUT2D eigenvalue weighted by atomic mass is 9.54. The number of amides is 3. The molecule has 1 saturated heterocycles. The van der Waals surface area contributed by atoms with Gasteiger partial charge in [-0.3, -0.25) is 29.4 Å². The number of non-ortho nitro benzene ring substituents is 1. The van der Waals surface area contributed by atoms with Crippen molar-refractivity contribution in [1.82, 2.24) is 4.90 Å². The second-order valence-corrected chi connectivity index (χ2v) is 11.7. The van der Waals surface area contributed by atoms with Crippen LogP contribution in [0.4, 0.5) is 11.4 Å². The smallest absolute Gasteiger partial charge is 0.271 e. The predicted molar refractivity (Wildman–Crippen MR) is 150 cm³/mol. The van der Waals surface area contributed by atoms with Gasteiger partial charge in [0.05, 0.1) is 16.8 Å². The third-order valence-corrected chi connectivity index (χ3v) is 9.59. The number of anilines is 1. The first-order chi connectivity index (χ1) is 19.2. The highest BCUT2D eigenvalue weighted by atomic mass is 35.5. The van der Waals surface area contributed by atoms with Gasteiger partial charge in [0, 0.05) is 30.8 Å². The van der Waals surface area contributed by atoms with Crippen LogP contribution in [0, 0.1) is 22.0 Å². The van der Waals surface area contributed by atoms with E-state index >= 15 is 0 Å². The summed E-state index contributed by atoms with van der Waals surface area (Å²) in [4.78, 5) is 49.3. The molecule has 3 aromatic rings. The Labute approximate surface area is 240 Å². The first-order valence-electron chi connectivity index (χ1n) is 13.2. The highest BCUT2D eigenvalue weighted by Crippen LogP contribution is 2.69. The molecule has 0 unspecified atom stereocenters. The molecule has 0 spiro atoms. The van der Waals surface area contributed by atoms with Crippen molar-refractivity contribution in [1.29, 1.82) is 0 Å². The van der Waals surface area contributed by atoms with Crippen molar-refractivity contribution in [3.63, 3.8) is 0 Å². The van der Waals surface area contributed by atoms with Crippen molar-refractivity contribution in [2.24, 2.45) is 11.8 Å². The summed E-state index contributed by atoms with van der Waals surface area (Å²) in [6, 6.07) is 20.8. The van der Waals surface area contributed by atoms with Crippen LogP contribution in [0.2, 0.25) is 0 Å². The molecule has 3 aliphatic carbocycles. The second kappa shape index (κ2) is 9.71. The molecule has 1 aliphatic heterocycles. The van der Waals surface area contributed by atoms with Gasteiger partial charge in [-0.2, -0.15) is 0 Å². The van der Waals surface area contributed by atoms with Gasteiger partial charge in [-0.25, -0.2) is 0 Å². The standard InChI is InChI=1S/C30H25Cl2N3O5/c31-29-20-11-3-4-12-21(20)30(32,23-14-6-5-13-22(23)29)26-25(29)27(37)34(28(26)38)16-7-1-2-15-24(36)33-18-9-8-10-19(17-18)35(39)40/h3-6,8-14,17,25-26H,1-2,7,15-16H2,(H,33,36)/t25-,26+,29?,30?. The maximum absolute atomic E-state index is 13.8. The zero-order valence-electron chi connectivity index (χ0n) is 21.3. The molecule has 0 aromatic heterocycles. The molecule has 3 aromatic carbocycles. The van der Waals surface area contributed by atoms with Crippen LogP contribution in [-0.4, -0.2) is 34.1 Å². The van der Waals surface area contributed by atoms with Crippen molar-refractivity contribution in [2.45, 2.75) is 35.4 Å². The number of nitro benzene ring substituents is 1. The predicted octanol–water partition coefficient (Wildman–Crippen LogP) is 5.69. The summed E-state index contributed by atoms with van der Waals surface area (Å²) < 4.78 is 0. The van der Waals surface area contributed by atoms with Gasteiger partial charge in [-0.15, -0.1) is 23.2 Å². The summed E-state index contributed by atoms with van der Waals surface area (Å²) in [5.74, 6) is -2.53. The Hall–Kier alpha value is -3.75. The first kappa shape index (κ1) is 26.5. The van der Waals surface area contributed by atoms with E-state index < -0.39 is 26.5 Å². The zero-order valence-corrected chi connectivity index (χ0v) is 22.8. The maximum atomic E-state index is 13.8. The van der Waals surface area contributed by atoms with Crippen LogP contribution in [0.5, 0.6) is 0 Å². The Balaban J connectivity index is 1.14. The molecule has 7 rings (SSSR count). The number of nitrogens with zero attached hydrogens (tertiary/aromatic N) is 2.